The molecule has 2 fully saturated rings. The van der Waals surface area contributed by atoms with E-state index in [1.54, 1.807) is 13.1 Å². The van der Waals surface area contributed by atoms with Crippen molar-refractivity contribution in [3.8, 4) is 0 Å². The van der Waals surface area contributed by atoms with Crippen molar-refractivity contribution in [2.24, 2.45) is 0 Å². The summed E-state index contributed by atoms with van der Waals surface area (Å²) < 4.78 is 0. The number of nitrogens with one attached hydrogen (secondary N) is 1. The Balaban J connectivity index is 1.77. The van der Waals surface area contributed by atoms with Gasteiger partial charge in [-0.1, -0.05) is 0 Å². The largest absolute Gasteiger partial charge is 0.373 e. The van der Waals surface area contributed by atoms with E-state index in [4.69, 9.17) is 0 Å². The Morgan fingerprint density at radius 2 is 2.10 bits per heavy atom. The molecule has 0 aliphatic carbocycles. The van der Waals surface area contributed by atoms with Crippen molar-refractivity contribution in [3.05, 3.63) is 22.2 Å². The molecular weight excluding hydrogens is 270 g/mol. The summed E-state index contributed by atoms with van der Waals surface area (Å²) in [6.07, 6.45) is 3.68. The molecule has 3 rings (SSSR count). The minimum absolute atomic E-state index is 0.0916. The van der Waals surface area contributed by atoms with E-state index < -0.39 is 0 Å². The summed E-state index contributed by atoms with van der Waals surface area (Å²) in [5, 5.41) is 13.9. The topological polar surface area (TPSA) is 74.5 Å². The van der Waals surface area contributed by atoms with Crippen LogP contribution in [0.1, 0.15) is 19.3 Å². The first-order chi connectivity index (χ1) is 10.2. The zero-order valence-electron chi connectivity index (χ0n) is 12.3. The van der Waals surface area contributed by atoms with Crippen LogP contribution in [-0.2, 0) is 0 Å². The summed E-state index contributed by atoms with van der Waals surface area (Å²) in [5.74, 6) is 1.25. The lowest BCUT2D eigenvalue weighted by atomic mass is 10.2. The zero-order chi connectivity index (χ0) is 14.8. The highest BCUT2D eigenvalue weighted by Crippen LogP contribution is 2.28. The van der Waals surface area contributed by atoms with Gasteiger partial charge in [-0.05, 0) is 32.4 Å². The standard InChI is InChI=1S/C14H21N5O2/c1-15-13-8-12(19(20)21)9-14(16-13)18-7-4-11(10-18)17-5-2-3-6-17/h8-9,11H,2-7,10H2,1H3,(H,15,16). The van der Waals surface area contributed by atoms with Crippen LogP contribution >= 0.6 is 0 Å². The molecule has 0 aromatic carbocycles. The van der Waals surface area contributed by atoms with Gasteiger partial charge in [-0.3, -0.25) is 15.0 Å². The van der Waals surface area contributed by atoms with Crippen molar-refractivity contribution < 1.29 is 4.92 Å². The van der Waals surface area contributed by atoms with Gasteiger partial charge in [0.25, 0.3) is 5.69 Å². The monoisotopic (exact) mass is 291 g/mol. The Bertz CT molecular complexity index is 530. The van der Waals surface area contributed by atoms with Gasteiger partial charge in [-0.15, -0.1) is 0 Å². The zero-order valence-corrected chi connectivity index (χ0v) is 12.3. The lowest BCUT2D eigenvalue weighted by Crippen LogP contribution is -2.35. The first-order valence-electron chi connectivity index (χ1n) is 7.50. The predicted molar refractivity (Wildman–Crippen MR) is 81.9 cm³/mol. The quantitative estimate of drug-likeness (QED) is 0.672. The number of pyridine rings is 1. The van der Waals surface area contributed by atoms with Crippen LogP contribution in [0.15, 0.2) is 12.1 Å². The minimum Gasteiger partial charge on any atom is -0.373 e. The third-order valence-corrected chi connectivity index (χ3v) is 4.41. The Kier molecular flexibility index (Phi) is 3.92. The second kappa shape index (κ2) is 5.85. The molecule has 114 valence electrons. The second-order valence-electron chi connectivity index (χ2n) is 5.71. The number of hydrogen-bond donors (Lipinski definition) is 1. The van der Waals surface area contributed by atoms with Crippen molar-refractivity contribution in [2.45, 2.75) is 25.3 Å². The maximum Gasteiger partial charge on any atom is 0.276 e. The van der Waals surface area contributed by atoms with Gasteiger partial charge >= 0.3 is 0 Å². The van der Waals surface area contributed by atoms with Crippen LogP contribution in [0.2, 0.25) is 0 Å². The average molecular weight is 291 g/mol. The molecule has 1 N–H and O–H groups in total. The molecule has 21 heavy (non-hydrogen) atoms. The Morgan fingerprint density at radius 1 is 1.33 bits per heavy atom. The van der Waals surface area contributed by atoms with Crippen LogP contribution < -0.4 is 10.2 Å². The molecular formula is C14H21N5O2. The summed E-state index contributed by atoms with van der Waals surface area (Å²) in [5.41, 5.74) is 0.0916. The molecule has 3 heterocycles. The molecule has 2 aliphatic heterocycles. The first-order valence-corrected chi connectivity index (χ1v) is 7.50. The number of rotatable bonds is 4. The number of nitrogens with zero attached hydrogens (tertiary/aromatic N) is 4. The summed E-state index contributed by atoms with van der Waals surface area (Å²) in [6.45, 7) is 4.20. The fourth-order valence-corrected chi connectivity index (χ4v) is 3.25. The molecule has 1 unspecified atom stereocenters. The molecule has 1 aromatic rings. The molecule has 0 bridgehead atoms. The fourth-order valence-electron chi connectivity index (χ4n) is 3.25. The Labute approximate surface area is 124 Å². The highest BCUT2D eigenvalue weighted by Gasteiger charge is 2.30. The highest BCUT2D eigenvalue weighted by molar-refractivity contribution is 5.56. The maximum atomic E-state index is 11.0. The number of nitro groups is 1. The number of likely N-dealkylation sites (tertiary alicyclic amines) is 1. The van der Waals surface area contributed by atoms with Gasteiger partial charge in [0, 0.05) is 26.2 Å². The fraction of sp³-hybridized carbons (Fsp3) is 0.643. The number of hydrogen-bond acceptors (Lipinski definition) is 6. The molecule has 1 aromatic heterocycles. The van der Waals surface area contributed by atoms with E-state index >= 15 is 0 Å². The van der Waals surface area contributed by atoms with E-state index in [9.17, 15) is 10.1 Å². The first kappa shape index (κ1) is 14.1. The molecule has 2 aliphatic rings. The van der Waals surface area contributed by atoms with Gasteiger partial charge in [0.15, 0.2) is 0 Å². The van der Waals surface area contributed by atoms with Gasteiger partial charge < -0.3 is 10.2 Å². The van der Waals surface area contributed by atoms with Crippen LogP contribution in [-0.4, -0.2) is 54.1 Å². The number of aromatic nitrogens is 1. The SMILES string of the molecule is CNc1cc([N+](=O)[O-])cc(N2CCC(N3CCCC3)C2)n1. The van der Waals surface area contributed by atoms with Crippen molar-refractivity contribution in [1.82, 2.24) is 9.88 Å². The maximum absolute atomic E-state index is 11.0. The van der Waals surface area contributed by atoms with Gasteiger partial charge in [0.05, 0.1) is 17.1 Å². The van der Waals surface area contributed by atoms with Gasteiger partial charge in [0.1, 0.15) is 11.6 Å². The molecule has 7 nitrogen and oxygen atoms in total. The van der Waals surface area contributed by atoms with Crippen LogP contribution in [0.3, 0.4) is 0 Å². The van der Waals surface area contributed by atoms with E-state index in [-0.39, 0.29) is 10.6 Å². The van der Waals surface area contributed by atoms with Crippen LogP contribution in [0.4, 0.5) is 17.3 Å². The third kappa shape index (κ3) is 2.92. The molecule has 1 atom stereocenters. The highest BCUT2D eigenvalue weighted by atomic mass is 16.6. The van der Waals surface area contributed by atoms with Crippen molar-refractivity contribution in [1.29, 1.82) is 0 Å². The molecule has 0 radical (unpaired) electrons. The van der Waals surface area contributed by atoms with E-state index in [1.165, 1.54) is 32.0 Å². The lowest BCUT2D eigenvalue weighted by molar-refractivity contribution is -0.384. The molecule has 7 heteroatoms. The summed E-state index contributed by atoms with van der Waals surface area (Å²) >= 11 is 0. The molecule has 0 spiro atoms. The second-order valence-corrected chi connectivity index (χ2v) is 5.71. The summed E-state index contributed by atoms with van der Waals surface area (Å²) in [7, 11) is 1.73. The molecule has 2 saturated heterocycles. The summed E-state index contributed by atoms with van der Waals surface area (Å²) in [6, 6.07) is 3.61. The van der Waals surface area contributed by atoms with E-state index in [1.807, 2.05) is 0 Å². The summed E-state index contributed by atoms with van der Waals surface area (Å²) in [4.78, 5) is 19.8. The Morgan fingerprint density at radius 3 is 2.76 bits per heavy atom. The van der Waals surface area contributed by atoms with Crippen LogP contribution in [0, 0.1) is 10.1 Å². The predicted octanol–water partition coefficient (Wildman–Crippen LogP) is 1.71. The van der Waals surface area contributed by atoms with Gasteiger partial charge in [-0.25, -0.2) is 4.98 Å². The van der Waals surface area contributed by atoms with Crippen molar-refractivity contribution in [3.63, 3.8) is 0 Å². The van der Waals surface area contributed by atoms with E-state index in [0.29, 0.717) is 17.7 Å². The van der Waals surface area contributed by atoms with E-state index in [0.717, 1.165) is 19.5 Å². The normalized spacial score (nSPS) is 22.7. The molecule has 0 amide bonds. The van der Waals surface area contributed by atoms with Crippen LogP contribution in [0.5, 0.6) is 0 Å². The number of anilines is 2. The smallest absolute Gasteiger partial charge is 0.276 e. The van der Waals surface area contributed by atoms with Crippen molar-refractivity contribution >= 4 is 17.3 Å². The average Bonchev–Trinajstić information content (AvgIpc) is 3.17. The third-order valence-electron chi connectivity index (χ3n) is 4.41. The van der Waals surface area contributed by atoms with Crippen LogP contribution in [0.25, 0.3) is 0 Å². The molecule has 0 saturated carbocycles. The van der Waals surface area contributed by atoms with Gasteiger partial charge in [0.2, 0.25) is 0 Å². The van der Waals surface area contributed by atoms with Crippen molar-refractivity contribution in [2.75, 3.05) is 43.4 Å². The minimum atomic E-state index is -0.361. The van der Waals surface area contributed by atoms with E-state index in [2.05, 4.69) is 20.1 Å². The Hall–Kier alpha value is -1.89. The van der Waals surface area contributed by atoms with Gasteiger partial charge in [-0.2, -0.15) is 0 Å². The lowest BCUT2D eigenvalue weighted by Gasteiger charge is -2.24.